The molecule has 1 atom stereocenters. The van der Waals surface area contributed by atoms with Crippen LogP contribution in [0.2, 0.25) is 0 Å². The minimum absolute atomic E-state index is 0.288. The van der Waals surface area contributed by atoms with Crippen molar-refractivity contribution in [1.29, 1.82) is 0 Å². The van der Waals surface area contributed by atoms with Gasteiger partial charge in [-0.05, 0) is 30.0 Å². The molecule has 0 spiro atoms. The van der Waals surface area contributed by atoms with Crippen LogP contribution in [0, 0.1) is 0 Å². The molecule has 1 unspecified atom stereocenters. The number of carbonyl (C=O) groups excluding carboxylic acids is 1. The molecule has 4 heteroatoms. The molecule has 0 fully saturated rings. The number of primary amides is 1. The molecule has 0 aromatic heterocycles. The van der Waals surface area contributed by atoms with Crippen LogP contribution in [-0.2, 0) is 11.2 Å². The third-order valence-electron chi connectivity index (χ3n) is 2.84. The summed E-state index contributed by atoms with van der Waals surface area (Å²) in [5.74, 6) is -1.65. The minimum Gasteiger partial charge on any atom is -0.478 e. The molecule has 0 radical (unpaired) electrons. The molecule has 2 rings (SSSR count). The average Bonchev–Trinajstić information content (AvgIpc) is 2.59. The number of fused-ring (bicyclic) bond motifs is 1. The molecule has 0 saturated heterocycles. The van der Waals surface area contributed by atoms with E-state index in [-0.39, 0.29) is 17.4 Å². The molecule has 0 bridgehead atoms. The quantitative estimate of drug-likeness (QED) is 0.752. The van der Waals surface area contributed by atoms with Crippen molar-refractivity contribution in [3.05, 3.63) is 34.9 Å². The van der Waals surface area contributed by atoms with Gasteiger partial charge < -0.3 is 10.8 Å². The van der Waals surface area contributed by atoms with Crippen LogP contribution in [0.15, 0.2) is 18.2 Å². The van der Waals surface area contributed by atoms with E-state index in [9.17, 15) is 9.59 Å². The van der Waals surface area contributed by atoms with Crippen LogP contribution < -0.4 is 5.73 Å². The standard InChI is InChI=1S/C11H11NO3/c12-10(13)8-5-4-7-6(8)2-1-3-9(7)11(14)15/h1-3,8H,4-5H2,(H2,12,13)(H,14,15). The van der Waals surface area contributed by atoms with E-state index in [4.69, 9.17) is 10.8 Å². The number of carbonyl (C=O) groups is 2. The number of carboxylic acids is 1. The van der Waals surface area contributed by atoms with E-state index in [1.807, 2.05) is 0 Å². The first kappa shape index (κ1) is 9.71. The third-order valence-corrected chi connectivity index (χ3v) is 2.84. The van der Waals surface area contributed by atoms with Crippen molar-refractivity contribution < 1.29 is 14.7 Å². The van der Waals surface area contributed by atoms with Crippen LogP contribution in [0.3, 0.4) is 0 Å². The zero-order chi connectivity index (χ0) is 11.0. The van der Waals surface area contributed by atoms with Crippen molar-refractivity contribution in [3.63, 3.8) is 0 Å². The zero-order valence-corrected chi connectivity index (χ0v) is 8.06. The summed E-state index contributed by atoms with van der Waals surface area (Å²) < 4.78 is 0. The van der Waals surface area contributed by atoms with Gasteiger partial charge >= 0.3 is 5.97 Å². The van der Waals surface area contributed by atoms with E-state index < -0.39 is 5.97 Å². The first-order valence-corrected chi connectivity index (χ1v) is 4.75. The third kappa shape index (κ3) is 1.48. The lowest BCUT2D eigenvalue weighted by molar-refractivity contribution is -0.119. The summed E-state index contributed by atoms with van der Waals surface area (Å²) in [5.41, 5.74) is 7.08. The Kier molecular flexibility index (Phi) is 2.19. The maximum Gasteiger partial charge on any atom is 0.335 e. The SMILES string of the molecule is NC(=O)C1CCc2c(C(=O)O)cccc21. The number of carboxylic acid groups (broad SMARTS) is 1. The molecule has 78 valence electrons. The fourth-order valence-electron chi connectivity index (χ4n) is 2.15. The highest BCUT2D eigenvalue weighted by Crippen LogP contribution is 2.34. The number of hydrogen-bond acceptors (Lipinski definition) is 2. The molecule has 3 N–H and O–H groups in total. The van der Waals surface area contributed by atoms with Gasteiger partial charge in [-0.15, -0.1) is 0 Å². The predicted molar refractivity (Wildman–Crippen MR) is 53.7 cm³/mol. The Morgan fingerprint density at radius 1 is 1.40 bits per heavy atom. The molecular weight excluding hydrogens is 194 g/mol. The van der Waals surface area contributed by atoms with E-state index in [1.54, 1.807) is 18.2 Å². The van der Waals surface area contributed by atoms with Crippen LogP contribution in [-0.4, -0.2) is 17.0 Å². The first-order valence-electron chi connectivity index (χ1n) is 4.75. The number of hydrogen-bond donors (Lipinski definition) is 2. The van der Waals surface area contributed by atoms with Gasteiger partial charge in [-0.1, -0.05) is 12.1 Å². The molecule has 1 aliphatic rings. The summed E-state index contributed by atoms with van der Waals surface area (Å²) in [4.78, 5) is 22.0. The molecular formula is C11H11NO3. The van der Waals surface area contributed by atoms with Crippen molar-refractivity contribution in [3.8, 4) is 0 Å². The molecule has 0 aliphatic heterocycles. The summed E-state index contributed by atoms with van der Waals surface area (Å²) in [6, 6.07) is 5.00. The Balaban J connectivity index is 2.52. The molecule has 1 aromatic rings. The van der Waals surface area contributed by atoms with E-state index in [0.29, 0.717) is 12.8 Å². The highest BCUT2D eigenvalue weighted by Gasteiger charge is 2.29. The second-order valence-corrected chi connectivity index (χ2v) is 3.67. The van der Waals surface area contributed by atoms with Gasteiger partial charge in [0.1, 0.15) is 0 Å². The zero-order valence-electron chi connectivity index (χ0n) is 8.06. The van der Waals surface area contributed by atoms with E-state index in [0.717, 1.165) is 11.1 Å². The normalized spacial score (nSPS) is 18.5. The number of aromatic carboxylic acids is 1. The Morgan fingerprint density at radius 2 is 2.13 bits per heavy atom. The van der Waals surface area contributed by atoms with Gasteiger partial charge in [0.2, 0.25) is 5.91 Å². The maximum atomic E-state index is 11.1. The maximum absolute atomic E-state index is 11.1. The summed E-state index contributed by atoms with van der Waals surface area (Å²) in [7, 11) is 0. The predicted octanol–water partition coefficient (Wildman–Crippen LogP) is 0.900. The van der Waals surface area contributed by atoms with Crippen molar-refractivity contribution in [1.82, 2.24) is 0 Å². The lowest BCUT2D eigenvalue weighted by Gasteiger charge is -2.07. The van der Waals surface area contributed by atoms with Crippen LogP contribution in [0.25, 0.3) is 0 Å². The van der Waals surface area contributed by atoms with Crippen LogP contribution in [0.1, 0.15) is 33.8 Å². The topological polar surface area (TPSA) is 80.4 Å². The van der Waals surface area contributed by atoms with Gasteiger partial charge in [-0.25, -0.2) is 4.79 Å². The fraction of sp³-hybridized carbons (Fsp3) is 0.273. The van der Waals surface area contributed by atoms with Gasteiger partial charge in [0.15, 0.2) is 0 Å². The second kappa shape index (κ2) is 3.38. The van der Waals surface area contributed by atoms with Gasteiger partial charge in [0.25, 0.3) is 0 Å². The number of rotatable bonds is 2. The summed E-state index contributed by atoms with van der Waals surface area (Å²) in [6.07, 6.45) is 1.24. The lowest BCUT2D eigenvalue weighted by atomic mass is 9.98. The Labute approximate surface area is 86.7 Å². The van der Waals surface area contributed by atoms with Crippen LogP contribution in [0.5, 0.6) is 0 Å². The number of nitrogens with two attached hydrogens (primary N) is 1. The van der Waals surface area contributed by atoms with Gasteiger partial charge in [0, 0.05) is 0 Å². The van der Waals surface area contributed by atoms with E-state index in [2.05, 4.69) is 0 Å². The molecule has 0 heterocycles. The van der Waals surface area contributed by atoms with E-state index >= 15 is 0 Å². The fourth-order valence-corrected chi connectivity index (χ4v) is 2.15. The van der Waals surface area contributed by atoms with Crippen molar-refractivity contribution in [2.75, 3.05) is 0 Å². The Bertz CT molecular complexity index is 439. The second-order valence-electron chi connectivity index (χ2n) is 3.67. The smallest absolute Gasteiger partial charge is 0.335 e. The van der Waals surface area contributed by atoms with Gasteiger partial charge in [-0.2, -0.15) is 0 Å². The lowest BCUT2D eigenvalue weighted by Crippen LogP contribution is -2.19. The van der Waals surface area contributed by atoms with E-state index in [1.165, 1.54) is 0 Å². The molecule has 1 aliphatic carbocycles. The van der Waals surface area contributed by atoms with Crippen LogP contribution >= 0.6 is 0 Å². The Morgan fingerprint density at radius 3 is 2.73 bits per heavy atom. The monoisotopic (exact) mass is 205 g/mol. The molecule has 0 saturated carbocycles. The van der Waals surface area contributed by atoms with Crippen molar-refractivity contribution in [2.24, 2.45) is 5.73 Å². The minimum atomic E-state index is -0.947. The van der Waals surface area contributed by atoms with Crippen LogP contribution in [0.4, 0.5) is 0 Å². The highest BCUT2D eigenvalue weighted by atomic mass is 16.4. The van der Waals surface area contributed by atoms with Gasteiger partial charge in [0.05, 0.1) is 11.5 Å². The number of benzene rings is 1. The number of amides is 1. The van der Waals surface area contributed by atoms with Crippen molar-refractivity contribution in [2.45, 2.75) is 18.8 Å². The van der Waals surface area contributed by atoms with Gasteiger partial charge in [-0.3, -0.25) is 4.79 Å². The first-order chi connectivity index (χ1) is 7.11. The molecule has 1 amide bonds. The molecule has 4 nitrogen and oxygen atoms in total. The highest BCUT2D eigenvalue weighted by molar-refractivity contribution is 5.92. The summed E-state index contributed by atoms with van der Waals surface area (Å²) in [5, 5.41) is 8.96. The largest absolute Gasteiger partial charge is 0.478 e. The summed E-state index contributed by atoms with van der Waals surface area (Å²) >= 11 is 0. The average molecular weight is 205 g/mol. The summed E-state index contributed by atoms with van der Waals surface area (Å²) in [6.45, 7) is 0. The molecule has 1 aromatic carbocycles. The molecule has 15 heavy (non-hydrogen) atoms. The Hall–Kier alpha value is -1.84. The van der Waals surface area contributed by atoms with Crippen molar-refractivity contribution >= 4 is 11.9 Å².